The molecule has 0 aromatic heterocycles. The van der Waals surface area contributed by atoms with Crippen LogP contribution in [0.2, 0.25) is 0 Å². The van der Waals surface area contributed by atoms with Crippen molar-refractivity contribution in [2.45, 2.75) is 0 Å². The Bertz CT molecular complexity index is 303. The predicted molar refractivity (Wildman–Crippen MR) is 44.3 cm³/mol. The van der Waals surface area contributed by atoms with Gasteiger partial charge < -0.3 is 0 Å². The van der Waals surface area contributed by atoms with Gasteiger partial charge in [0.1, 0.15) is 5.82 Å². The summed E-state index contributed by atoms with van der Waals surface area (Å²) in [5.41, 5.74) is -0.150. The van der Waals surface area contributed by atoms with Crippen molar-refractivity contribution >= 4 is 29.5 Å². The van der Waals surface area contributed by atoms with Crippen LogP contribution in [0.4, 0.5) is 4.39 Å². The van der Waals surface area contributed by atoms with Crippen LogP contribution in [0, 0.1) is 5.82 Å². The van der Waals surface area contributed by atoms with E-state index >= 15 is 0 Å². The summed E-state index contributed by atoms with van der Waals surface area (Å²) < 4.78 is 13.1. The van der Waals surface area contributed by atoms with Gasteiger partial charge in [-0.3, -0.25) is 4.79 Å². The van der Waals surface area contributed by atoms with Gasteiger partial charge >= 0.3 is 0 Å². The molecule has 0 N–H and O–H groups in total. The summed E-state index contributed by atoms with van der Waals surface area (Å²) in [6.45, 7) is 0. The highest BCUT2D eigenvalue weighted by Gasteiger charge is 2.15. The van der Waals surface area contributed by atoms with Crippen LogP contribution in [0.25, 0.3) is 0 Å². The molecule has 5 heteroatoms. The Morgan fingerprint density at radius 3 is 2.42 bits per heavy atom. The number of carbonyl (C=O) groups is 1. The van der Waals surface area contributed by atoms with Crippen molar-refractivity contribution in [3.63, 3.8) is 0 Å². The Morgan fingerprint density at radius 1 is 1.33 bits per heavy atom. The molecule has 64 valence electrons. The molecule has 0 saturated heterocycles. The summed E-state index contributed by atoms with van der Waals surface area (Å²) in [5, 5.41) is 0. The van der Waals surface area contributed by atoms with Gasteiger partial charge in [0.05, 0.1) is 5.56 Å². The summed E-state index contributed by atoms with van der Waals surface area (Å²) in [7, 11) is 0. The number of benzene rings is 1. The Labute approximate surface area is 78.7 Å². The van der Waals surface area contributed by atoms with E-state index in [0.29, 0.717) is 3.94 Å². The smallest absolute Gasteiger partial charge is 0.266 e. The first-order valence-electron chi connectivity index (χ1n) is 3.03. The fourth-order valence-corrected chi connectivity index (χ4v) is 0.908. The number of nitrogens with zero attached hydrogens (tertiary/aromatic N) is 1. The average Bonchev–Trinajstić information content (AvgIpc) is 2.04. The van der Waals surface area contributed by atoms with Crippen LogP contribution in [0.1, 0.15) is 10.4 Å². The van der Waals surface area contributed by atoms with Gasteiger partial charge in [0, 0.05) is 23.6 Å². The van der Waals surface area contributed by atoms with E-state index in [-0.39, 0.29) is 5.56 Å². The number of hydrogen-bond donors (Lipinski definition) is 0. The summed E-state index contributed by atoms with van der Waals surface area (Å²) in [6.07, 6.45) is 0. The zero-order valence-corrected chi connectivity index (χ0v) is 7.31. The molecule has 1 rings (SSSR count). The van der Waals surface area contributed by atoms with Crippen molar-refractivity contribution in [3.05, 3.63) is 35.6 Å². The van der Waals surface area contributed by atoms with E-state index < -0.39 is 11.7 Å². The van der Waals surface area contributed by atoms with Crippen LogP contribution < -0.4 is 0 Å². The van der Waals surface area contributed by atoms with Gasteiger partial charge in [0.25, 0.3) is 5.91 Å². The summed E-state index contributed by atoms with van der Waals surface area (Å²) in [6, 6.07) is 5.45. The first-order valence-corrected chi connectivity index (χ1v) is 3.71. The molecule has 1 amide bonds. The highest BCUT2D eigenvalue weighted by molar-refractivity contribution is 6.43. The molecular formula is C7H4Cl2FNO. The Balaban J connectivity index is 3.03. The zero-order chi connectivity index (χ0) is 9.14. The third-order valence-corrected chi connectivity index (χ3v) is 1.56. The fraction of sp³-hybridized carbons (Fsp3) is 0. The van der Waals surface area contributed by atoms with Gasteiger partial charge in [-0.15, -0.1) is 0 Å². The largest absolute Gasteiger partial charge is 0.286 e. The third-order valence-electron chi connectivity index (χ3n) is 1.26. The molecule has 1 aromatic carbocycles. The SMILES string of the molecule is O=C(c1ccccc1F)N(Cl)Cl. The number of rotatable bonds is 1. The van der Waals surface area contributed by atoms with Crippen molar-refractivity contribution in [2.24, 2.45) is 0 Å². The van der Waals surface area contributed by atoms with Crippen LogP contribution >= 0.6 is 23.6 Å². The van der Waals surface area contributed by atoms with Crippen LogP contribution in [-0.4, -0.2) is 9.85 Å². The molecule has 0 bridgehead atoms. The minimum absolute atomic E-state index is 0.150. The van der Waals surface area contributed by atoms with Gasteiger partial charge in [0.15, 0.2) is 0 Å². The highest BCUT2D eigenvalue weighted by Crippen LogP contribution is 2.12. The molecule has 0 aliphatic rings. The van der Waals surface area contributed by atoms with Gasteiger partial charge in [0.2, 0.25) is 0 Å². The van der Waals surface area contributed by atoms with Crippen LogP contribution in [0.5, 0.6) is 0 Å². The first kappa shape index (κ1) is 9.29. The number of carbonyl (C=O) groups excluding carboxylic acids is 1. The second-order valence-corrected chi connectivity index (χ2v) is 2.87. The van der Waals surface area contributed by atoms with Gasteiger partial charge in [-0.05, 0) is 12.1 Å². The van der Waals surface area contributed by atoms with Crippen LogP contribution in [0.3, 0.4) is 0 Å². The van der Waals surface area contributed by atoms with Gasteiger partial charge in [-0.25, -0.2) is 4.39 Å². The molecular weight excluding hydrogens is 204 g/mol. The maximum absolute atomic E-state index is 12.8. The second-order valence-electron chi connectivity index (χ2n) is 2.02. The molecule has 0 aliphatic carbocycles. The van der Waals surface area contributed by atoms with E-state index in [1.54, 1.807) is 0 Å². The summed E-state index contributed by atoms with van der Waals surface area (Å²) in [5.74, 6) is -1.43. The lowest BCUT2D eigenvalue weighted by molar-refractivity contribution is 0.0920. The third kappa shape index (κ3) is 1.87. The van der Waals surface area contributed by atoms with Crippen LogP contribution in [-0.2, 0) is 0 Å². The quantitative estimate of drug-likeness (QED) is 0.649. The molecule has 0 heterocycles. The monoisotopic (exact) mass is 207 g/mol. The molecule has 0 aliphatic heterocycles. The van der Waals surface area contributed by atoms with Gasteiger partial charge in [-0.2, -0.15) is 3.94 Å². The lowest BCUT2D eigenvalue weighted by atomic mass is 10.2. The van der Waals surface area contributed by atoms with Crippen LogP contribution in [0.15, 0.2) is 24.3 Å². The number of halogens is 3. The fourth-order valence-electron chi connectivity index (χ4n) is 0.726. The maximum Gasteiger partial charge on any atom is 0.286 e. The summed E-state index contributed by atoms with van der Waals surface area (Å²) in [4.78, 5) is 11.0. The van der Waals surface area contributed by atoms with E-state index in [1.807, 2.05) is 0 Å². The summed E-state index contributed by atoms with van der Waals surface area (Å²) >= 11 is 10.2. The molecule has 0 fully saturated rings. The van der Waals surface area contributed by atoms with E-state index in [4.69, 9.17) is 23.6 Å². The van der Waals surface area contributed by atoms with Crippen molar-refractivity contribution < 1.29 is 9.18 Å². The molecule has 0 radical (unpaired) electrons. The number of amides is 1. The Hall–Kier alpha value is -0.800. The molecule has 0 atom stereocenters. The van der Waals surface area contributed by atoms with E-state index in [9.17, 15) is 9.18 Å². The van der Waals surface area contributed by atoms with E-state index in [1.165, 1.54) is 18.2 Å². The minimum Gasteiger partial charge on any atom is -0.266 e. The van der Waals surface area contributed by atoms with Crippen molar-refractivity contribution in [1.82, 2.24) is 3.94 Å². The highest BCUT2D eigenvalue weighted by atomic mass is 35.5. The van der Waals surface area contributed by atoms with Crippen molar-refractivity contribution in [3.8, 4) is 0 Å². The normalized spacial score (nSPS) is 9.58. The molecule has 1 aromatic rings. The topological polar surface area (TPSA) is 20.3 Å². The molecule has 0 spiro atoms. The predicted octanol–water partition coefficient (Wildman–Crippen LogP) is 2.58. The van der Waals surface area contributed by atoms with Crippen molar-refractivity contribution in [2.75, 3.05) is 0 Å². The van der Waals surface area contributed by atoms with E-state index in [0.717, 1.165) is 6.07 Å². The lowest BCUT2D eigenvalue weighted by Crippen LogP contribution is -2.12. The Morgan fingerprint density at radius 2 is 1.92 bits per heavy atom. The second kappa shape index (κ2) is 3.74. The molecule has 0 unspecified atom stereocenters. The number of hydrogen-bond acceptors (Lipinski definition) is 1. The molecule has 0 saturated carbocycles. The lowest BCUT2D eigenvalue weighted by Gasteiger charge is -2.03. The standard InChI is InChI=1S/C7H4Cl2FNO/c8-11(9)7(12)5-3-1-2-4-6(5)10/h1-4H. The molecule has 2 nitrogen and oxygen atoms in total. The Kier molecular flexibility index (Phi) is 2.89. The van der Waals surface area contributed by atoms with Gasteiger partial charge in [-0.1, -0.05) is 12.1 Å². The maximum atomic E-state index is 12.8. The zero-order valence-electron chi connectivity index (χ0n) is 5.80. The first-order chi connectivity index (χ1) is 5.63. The molecule has 12 heavy (non-hydrogen) atoms. The average molecular weight is 208 g/mol. The van der Waals surface area contributed by atoms with Crippen molar-refractivity contribution in [1.29, 1.82) is 0 Å². The minimum atomic E-state index is -0.781. The van der Waals surface area contributed by atoms with E-state index in [2.05, 4.69) is 0 Å².